The van der Waals surface area contributed by atoms with E-state index in [2.05, 4.69) is 21.2 Å². The Morgan fingerprint density at radius 2 is 2.05 bits per heavy atom. The Balaban J connectivity index is 2.07. The monoisotopic (exact) mass is 338 g/mol. The van der Waals surface area contributed by atoms with Crippen molar-refractivity contribution in [3.63, 3.8) is 0 Å². The Hall–Kier alpha value is -1.52. The number of primary amides is 1. The summed E-state index contributed by atoms with van der Waals surface area (Å²) < 4.78 is 0.869. The minimum Gasteiger partial charge on any atom is -0.381 e. The van der Waals surface area contributed by atoms with Gasteiger partial charge in [0.15, 0.2) is 0 Å². The highest BCUT2D eigenvalue weighted by molar-refractivity contribution is 9.10. The fraction of sp³-hybridized carbons (Fsp3) is 0.0714. The number of nitrogens with one attached hydrogen (secondary N) is 1. The highest BCUT2D eigenvalue weighted by atomic mass is 79.9. The third-order valence-electron chi connectivity index (χ3n) is 2.63. The number of benzene rings is 2. The number of halogens is 2. The molecule has 0 atom stereocenters. The molecule has 98 valence electrons. The number of nitrogens with two attached hydrogens (primary N) is 1. The predicted molar refractivity (Wildman–Crippen MR) is 81.4 cm³/mol. The van der Waals surface area contributed by atoms with Crippen LogP contribution in [0.4, 0.5) is 5.69 Å². The first-order valence-electron chi connectivity index (χ1n) is 5.64. The summed E-state index contributed by atoms with van der Waals surface area (Å²) in [6.07, 6.45) is 0. The number of carbonyl (C=O) groups excluding carboxylic acids is 1. The number of amides is 1. The van der Waals surface area contributed by atoms with Gasteiger partial charge in [-0.3, -0.25) is 4.79 Å². The lowest BCUT2D eigenvalue weighted by atomic mass is 10.2. The first-order chi connectivity index (χ1) is 9.06. The molecule has 3 N–H and O–H groups in total. The van der Waals surface area contributed by atoms with E-state index in [0.29, 0.717) is 17.1 Å². The van der Waals surface area contributed by atoms with Gasteiger partial charge in [0.1, 0.15) is 0 Å². The molecule has 0 spiro atoms. The average molecular weight is 340 g/mol. The van der Waals surface area contributed by atoms with E-state index in [0.717, 1.165) is 15.7 Å². The maximum atomic E-state index is 11.1. The molecule has 0 heterocycles. The summed E-state index contributed by atoms with van der Waals surface area (Å²) in [5.74, 6) is -0.435. The number of anilines is 1. The van der Waals surface area contributed by atoms with Gasteiger partial charge in [-0.25, -0.2) is 0 Å². The molecular formula is C14H12BrClN2O. The predicted octanol–water partition coefficient (Wildman–Crippen LogP) is 3.81. The lowest BCUT2D eigenvalue weighted by molar-refractivity contribution is 0.100. The van der Waals surface area contributed by atoms with Crippen molar-refractivity contribution >= 4 is 39.1 Å². The van der Waals surface area contributed by atoms with Crippen LogP contribution in [0.5, 0.6) is 0 Å². The molecule has 2 aromatic carbocycles. The first kappa shape index (κ1) is 13.9. The number of hydrogen-bond acceptors (Lipinski definition) is 2. The normalized spacial score (nSPS) is 10.2. The fourth-order valence-corrected chi connectivity index (χ4v) is 2.09. The van der Waals surface area contributed by atoms with E-state index in [-0.39, 0.29) is 0 Å². The highest BCUT2D eigenvalue weighted by Crippen LogP contribution is 2.23. The van der Waals surface area contributed by atoms with Gasteiger partial charge >= 0.3 is 0 Å². The van der Waals surface area contributed by atoms with Crippen molar-refractivity contribution in [3.05, 3.63) is 63.1 Å². The van der Waals surface area contributed by atoms with Gasteiger partial charge in [0.2, 0.25) is 5.91 Å². The molecule has 0 aromatic heterocycles. The standard InChI is InChI=1S/C14H12BrClN2O/c15-12-5-4-9(6-13(12)16)8-18-11-3-1-2-10(7-11)14(17)19/h1-7,18H,8H2,(H2,17,19). The van der Waals surface area contributed by atoms with Crippen LogP contribution >= 0.6 is 27.5 Å². The second-order valence-corrected chi connectivity index (χ2v) is 5.31. The number of carbonyl (C=O) groups is 1. The number of hydrogen-bond donors (Lipinski definition) is 2. The molecule has 0 fully saturated rings. The van der Waals surface area contributed by atoms with Gasteiger partial charge < -0.3 is 11.1 Å². The van der Waals surface area contributed by atoms with Crippen molar-refractivity contribution in [1.82, 2.24) is 0 Å². The summed E-state index contributed by atoms with van der Waals surface area (Å²) in [7, 11) is 0. The van der Waals surface area contributed by atoms with Gasteiger partial charge in [-0.1, -0.05) is 23.7 Å². The van der Waals surface area contributed by atoms with Crippen LogP contribution in [0.25, 0.3) is 0 Å². The average Bonchev–Trinajstić information content (AvgIpc) is 2.40. The molecule has 0 radical (unpaired) electrons. The third kappa shape index (κ3) is 3.72. The van der Waals surface area contributed by atoms with Crippen molar-refractivity contribution in [2.45, 2.75) is 6.54 Å². The smallest absolute Gasteiger partial charge is 0.248 e. The Morgan fingerprint density at radius 3 is 2.74 bits per heavy atom. The minimum absolute atomic E-state index is 0.435. The maximum Gasteiger partial charge on any atom is 0.248 e. The maximum absolute atomic E-state index is 11.1. The van der Waals surface area contributed by atoms with Crippen LogP contribution in [-0.4, -0.2) is 5.91 Å². The van der Waals surface area contributed by atoms with Crippen LogP contribution in [0.15, 0.2) is 46.9 Å². The van der Waals surface area contributed by atoms with Gasteiger partial charge in [-0.15, -0.1) is 0 Å². The summed E-state index contributed by atoms with van der Waals surface area (Å²) in [5, 5.41) is 3.89. The summed E-state index contributed by atoms with van der Waals surface area (Å²) in [5.41, 5.74) is 7.62. The van der Waals surface area contributed by atoms with E-state index in [1.807, 2.05) is 24.3 Å². The summed E-state index contributed by atoms with van der Waals surface area (Å²) in [4.78, 5) is 11.1. The van der Waals surface area contributed by atoms with Crippen molar-refractivity contribution in [2.75, 3.05) is 5.32 Å². The van der Waals surface area contributed by atoms with E-state index in [1.54, 1.807) is 18.2 Å². The summed E-state index contributed by atoms with van der Waals surface area (Å²) >= 11 is 9.37. The zero-order valence-electron chi connectivity index (χ0n) is 9.99. The lowest BCUT2D eigenvalue weighted by Crippen LogP contribution is -2.11. The number of rotatable bonds is 4. The Bertz CT molecular complexity index is 616. The molecule has 0 saturated heterocycles. The molecule has 2 rings (SSSR count). The van der Waals surface area contributed by atoms with Crippen LogP contribution in [-0.2, 0) is 6.54 Å². The van der Waals surface area contributed by atoms with Crippen LogP contribution in [0.2, 0.25) is 5.02 Å². The Morgan fingerprint density at radius 1 is 1.26 bits per heavy atom. The molecule has 0 bridgehead atoms. The van der Waals surface area contributed by atoms with Crippen molar-refractivity contribution in [3.8, 4) is 0 Å². The molecule has 19 heavy (non-hydrogen) atoms. The summed E-state index contributed by atoms with van der Waals surface area (Å²) in [6, 6.07) is 12.8. The zero-order chi connectivity index (χ0) is 13.8. The SMILES string of the molecule is NC(=O)c1cccc(NCc2ccc(Br)c(Cl)c2)c1. The largest absolute Gasteiger partial charge is 0.381 e. The Labute approximate surface area is 124 Å². The first-order valence-corrected chi connectivity index (χ1v) is 6.81. The van der Waals surface area contributed by atoms with Crippen LogP contribution in [0.3, 0.4) is 0 Å². The van der Waals surface area contributed by atoms with Crippen LogP contribution in [0.1, 0.15) is 15.9 Å². The quantitative estimate of drug-likeness (QED) is 0.890. The molecule has 0 saturated carbocycles. The molecule has 2 aromatic rings. The molecule has 0 unspecified atom stereocenters. The van der Waals surface area contributed by atoms with Gasteiger partial charge in [0.25, 0.3) is 0 Å². The second kappa shape index (κ2) is 6.08. The van der Waals surface area contributed by atoms with Gasteiger partial charge in [-0.05, 0) is 51.8 Å². The van der Waals surface area contributed by atoms with Crippen molar-refractivity contribution < 1.29 is 4.79 Å². The van der Waals surface area contributed by atoms with E-state index < -0.39 is 5.91 Å². The molecule has 1 amide bonds. The van der Waals surface area contributed by atoms with Gasteiger partial charge in [0, 0.05) is 22.3 Å². The van der Waals surface area contributed by atoms with E-state index >= 15 is 0 Å². The molecule has 0 aliphatic rings. The molecule has 3 nitrogen and oxygen atoms in total. The molecule has 5 heteroatoms. The Kier molecular flexibility index (Phi) is 4.45. The van der Waals surface area contributed by atoms with E-state index in [1.165, 1.54) is 0 Å². The fourth-order valence-electron chi connectivity index (χ4n) is 1.64. The van der Waals surface area contributed by atoms with Gasteiger partial charge in [-0.2, -0.15) is 0 Å². The topological polar surface area (TPSA) is 55.1 Å². The van der Waals surface area contributed by atoms with Crippen LogP contribution in [0, 0.1) is 0 Å². The second-order valence-electron chi connectivity index (χ2n) is 4.05. The van der Waals surface area contributed by atoms with Crippen molar-refractivity contribution in [1.29, 1.82) is 0 Å². The van der Waals surface area contributed by atoms with Crippen LogP contribution < -0.4 is 11.1 Å². The zero-order valence-corrected chi connectivity index (χ0v) is 12.3. The highest BCUT2D eigenvalue weighted by Gasteiger charge is 2.02. The van der Waals surface area contributed by atoms with Gasteiger partial charge in [0.05, 0.1) is 5.02 Å². The van der Waals surface area contributed by atoms with E-state index in [9.17, 15) is 4.79 Å². The molecular weight excluding hydrogens is 328 g/mol. The molecule has 0 aliphatic carbocycles. The minimum atomic E-state index is -0.435. The third-order valence-corrected chi connectivity index (χ3v) is 3.86. The van der Waals surface area contributed by atoms with Crippen molar-refractivity contribution in [2.24, 2.45) is 5.73 Å². The summed E-state index contributed by atoms with van der Waals surface area (Å²) in [6.45, 7) is 0.620. The van der Waals surface area contributed by atoms with E-state index in [4.69, 9.17) is 17.3 Å². The lowest BCUT2D eigenvalue weighted by Gasteiger charge is -2.08. The molecule has 0 aliphatic heterocycles.